The SMILES string of the molecule is CC(=O)Nc1cc(N)c(S(=O)(=O)O)cc1F. The molecule has 6 nitrogen and oxygen atoms in total. The maximum absolute atomic E-state index is 13.3. The topological polar surface area (TPSA) is 109 Å². The second-order valence-electron chi connectivity index (χ2n) is 3.03. The third-order valence-corrected chi connectivity index (χ3v) is 2.60. The van der Waals surface area contributed by atoms with Gasteiger partial charge in [-0.1, -0.05) is 0 Å². The van der Waals surface area contributed by atoms with Crippen molar-refractivity contribution in [3.8, 4) is 0 Å². The van der Waals surface area contributed by atoms with Gasteiger partial charge >= 0.3 is 0 Å². The van der Waals surface area contributed by atoms with Gasteiger partial charge in [0.1, 0.15) is 10.7 Å². The lowest BCUT2D eigenvalue weighted by Crippen LogP contribution is -2.10. The first kappa shape index (κ1) is 12.4. The van der Waals surface area contributed by atoms with Crippen molar-refractivity contribution in [1.29, 1.82) is 0 Å². The standard InChI is InChI=1S/C8H9FN2O4S/c1-4(12)11-7-3-6(10)8(2-5(7)9)16(13,14)15/h2-3H,10H2,1H3,(H,11,12)(H,13,14,15). The predicted molar refractivity (Wildman–Crippen MR) is 54.9 cm³/mol. The molecule has 0 unspecified atom stereocenters. The lowest BCUT2D eigenvalue weighted by atomic mass is 10.2. The Hall–Kier alpha value is -1.67. The molecule has 88 valence electrons. The van der Waals surface area contributed by atoms with Crippen LogP contribution in [0.25, 0.3) is 0 Å². The number of carbonyl (C=O) groups excluding carboxylic acids is 1. The van der Waals surface area contributed by atoms with Crippen molar-refractivity contribution >= 4 is 27.4 Å². The van der Waals surface area contributed by atoms with E-state index in [-0.39, 0.29) is 11.4 Å². The molecule has 4 N–H and O–H groups in total. The fraction of sp³-hybridized carbons (Fsp3) is 0.125. The molecule has 16 heavy (non-hydrogen) atoms. The van der Waals surface area contributed by atoms with Crippen LogP contribution >= 0.6 is 0 Å². The Kier molecular flexibility index (Phi) is 3.15. The van der Waals surface area contributed by atoms with Crippen LogP contribution in [0.3, 0.4) is 0 Å². The van der Waals surface area contributed by atoms with Crippen LogP contribution < -0.4 is 11.1 Å². The van der Waals surface area contributed by atoms with E-state index in [1.165, 1.54) is 0 Å². The van der Waals surface area contributed by atoms with E-state index in [1.807, 2.05) is 0 Å². The fourth-order valence-electron chi connectivity index (χ4n) is 1.08. The Morgan fingerprint density at radius 1 is 1.50 bits per heavy atom. The van der Waals surface area contributed by atoms with Crippen LogP contribution in [-0.2, 0) is 14.9 Å². The summed E-state index contributed by atoms with van der Waals surface area (Å²) in [5.74, 6) is -1.53. The van der Waals surface area contributed by atoms with Crippen LogP contribution in [0.2, 0.25) is 0 Å². The molecular formula is C8H9FN2O4S. The maximum Gasteiger partial charge on any atom is 0.296 e. The average Bonchev–Trinajstić information content (AvgIpc) is 2.07. The highest BCUT2D eigenvalue weighted by atomic mass is 32.2. The second-order valence-corrected chi connectivity index (χ2v) is 4.42. The Bertz CT molecular complexity index is 541. The van der Waals surface area contributed by atoms with Gasteiger partial charge in [0.25, 0.3) is 10.1 Å². The Morgan fingerprint density at radius 3 is 2.50 bits per heavy atom. The monoisotopic (exact) mass is 248 g/mol. The number of nitrogen functional groups attached to an aromatic ring is 1. The molecule has 0 aliphatic carbocycles. The summed E-state index contributed by atoms with van der Waals surface area (Å²) < 4.78 is 43.5. The number of carbonyl (C=O) groups is 1. The van der Waals surface area contributed by atoms with Gasteiger partial charge in [-0.15, -0.1) is 0 Å². The Balaban J connectivity index is 3.33. The van der Waals surface area contributed by atoms with Crippen molar-refractivity contribution in [2.24, 2.45) is 0 Å². The first-order valence-corrected chi connectivity index (χ1v) is 5.50. The zero-order valence-corrected chi connectivity index (χ0v) is 9.01. The van der Waals surface area contributed by atoms with Gasteiger partial charge < -0.3 is 11.1 Å². The van der Waals surface area contributed by atoms with E-state index < -0.39 is 26.7 Å². The molecular weight excluding hydrogens is 239 g/mol. The number of hydrogen-bond donors (Lipinski definition) is 3. The van der Waals surface area contributed by atoms with Crippen LogP contribution in [0, 0.1) is 5.82 Å². The largest absolute Gasteiger partial charge is 0.398 e. The van der Waals surface area contributed by atoms with Crippen LogP contribution in [0.1, 0.15) is 6.92 Å². The van der Waals surface area contributed by atoms with Gasteiger partial charge in [-0.05, 0) is 12.1 Å². The first-order valence-electron chi connectivity index (χ1n) is 4.06. The van der Waals surface area contributed by atoms with Crippen molar-refractivity contribution in [2.75, 3.05) is 11.1 Å². The third-order valence-electron chi connectivity index (χ3n) is 1.69. The molecule has 1 aromatic carbocycles. The van der Waals surface area contributed by atoms with Gasteiger partial charge in [0.2, 0.25) is 5.91 Å². The van der Waals surface area contributed by atoms with Crippen molar-refractivity contribution in [3.05, 3.63) is 17.9 Å². The molecule has 0 spiro atoms. The molecule has 1 rings (SSSR count). The van der Waals surface area contributed by atoms with E-state index in [1.54, 1.807) is 0 Å². The Morgan fingerprint density at radius 2 is 2.06 bits per heavy atom. The number of benzene rings is 1. The average molecular weight is 248 g/mol. The Labute approximate surface area is 91.0 Å². The van der Waals surface area contributed by atoms with Crippen LogP contribution in [0.15, 0.2) is 17.0 Å². The van der Waals surface area contributed by atoms with E-state index in [9.17, 15) is 17.6 Å². The zero-order valence-electron chi connectivity index (χ0n) is 8.19. The summed E-state index contributed by atoms with van der Waals surface area (Å²) in [6, 6.07) is 1.45. The number of hydrogen-bond acceptors (Lipinski definition) is 4. The van der Waals surface area contributed by atoms with E-state index in [2.05, 4.69) is 5.32 Å². The van der Waals surface area contributed by atoms with E-state index >= 15 is 0 Å². The lowest BCUT2D eigenvalue weighted by molar-refractivity contribution is -0.114. The normalized spacial score (nSPS) is 11.2. The molecule has 0 atom stereocenters. The molecule has 0 aliphatic rings. The minimum atomic E-state index is -4.58. The van der Waals surface area contributed by atoms with Gasteiger partial charge in [0, 0.05) is 6.92 Å². The molecule has 0 aromatic heterocycles. The lowest BCUT2D eigenvalue weighted by Gasteiger charge is -2.08. The van der Waals surface area contributed by atoms with Crippen molar-refractivity contribution < 1.29 is 22.2 Å². The minimum absolute atomic E-state index is 0.252. The van der Waals surface area contributed by atoms with E-state index in [0.717, 1.165) is 13.0 Å². The zero-order chi connectivity index (χ0) is 12.5. The van der Waals surface area contributed by atoms with Gasteiger partial charge in [0.15, 0.2) is 0 Å². The van der Waals surface area contributed by atoms with Crippen molar-refractivity contribution in [1.82, 2.24) is 0 Å². The quantitative estimate of drug-likeness (QED) is 0.524. The number of halogens is 1. The minimum Gasteiger partial charge on any atom is -0.398 e. The van der Waals surface area contributed by atoms with Gasteiger partial charge in [0.05, 0.1) is 11.4 Å². The first-order chi connectivity index (χ1) is 7.21. The summed E-state index contributed by atoms with van der Waals surface area (Å²) in [6.45, 7) is 1.16. The second kappa shape index (κ2) is 4.06. The van der Waals surface area contributed by atoms with E-state index in [0.29, 0.717) is 6.07 Å². The highest BCUT2D eigenvalue weighted by Crippen LogP contribution is 2.25. The molecule has 0 saturated heterocycles. The maximum atomic E-state index is 13.3. The predicted octanol–water partition coefficient (Wildman–Crippen LogP) is 0.613. The summed E-state index contributed by atoms with van der Waals surface area (Å²) in [4.78, 5) is 9.94. The molecule has 1 amide bonds. The molecule has 0 saturated carbocycles. The van der Waals surface area contributed by atoms with Crippen molar-refractivity contribution in [3.63, 3.8) is 0 Å². The number of amides is 1. The van der Waals surface area contributed by atoms with Crippen molar-refractivity contribution in [2.45, 2.75) is 11.8 Å². The molecule has 0 heterocycles. The summed E-state index contributed by atoms with van der Waals surface area (Å²) in [5.41, 5.74) is 4.69. The molecule has 0 aliphatic heterocycles. The van der Waals surface area contributed by atoms with Crippen LogP contribution in [0.5, 0.6) is 0 Å². The van der Waals surface area contributed by atoms with Crippen LogP contribution in [-0.4, -0.2) is 18.9 Å². The number of rotatable bonds is 2. The highest BCUT2D eigenvalue weighted by molar-refractivity contribution is 7.86. The van der Waals surface area contributed by atoms with Crippen LogP contribution in [0.4, 0.5) is 15.8 Å². The van der Waals surface area contributed by atoms with Gasteiger partial charge in [-0.3, -0.25) is 9.35 Å². The highest BCUT2D eigenvalue weighted by Gasteiger charge is 2.17. The summed E-state index contributed by atoms with van der Waals surface area (Å²) in [5, 5.41) is 2.12. The summed E-state index contributed by atoms with van der Waals surface area (Å²) >= 11 is 0. The third kappa shape index (κ3) is 2.67. The van der Waals surface area contributed by atoms with Gasteiger partial charge in [-0.2, -0.15) is 8.42 Å². The molecule has 8 heteroatoms. The van der Waals surface area contributed by atoms with E-state index in [4.69, 9.17) is 10.3 Å². The van der Waals surface area contributed by atoms with Gasteiger partial charge in [-0.25, -0.2) is 4.39 Å². The fourth-order valence-corrected chi connectivity index (χ4v) is 1.69. The number of anilines is 2. The molecule has 0 fully saturated rings. The molecule has 1 aromatic rings. The number of nitrogens with two attached hydrogens (primary N) is 1. The smallest absolute Gasteiger partial charge is 0.296 e. The number of nitrogens with one attached hydrogen (secondary N) is 1. The molecule has 0 bridgehead atoms. The molecule has 0 radical (unpaired) electrons. The summed E-state index contributed by atoms with van der Waals surface area (Å²) in [6.07, 6.45) is 0. The summed E-state index contributed by atoms with van der Waals surface area (Å²) in [7, 11) is -4.58.